The zero-order chi connectivity index (χ0) is 13.7. The first-order valence-corrected chi connectivity index (χ1v) is 6.75. The summed E-state index contributed by atoms with van der Waals surface area (Å²) < 4.78 is 11.4. The number of rotatable bonds is 5. The molecule has 0 bridgehead atoms. The molecule has 2 rings (SSSR count). The van der Waals surface area contributed by atoms with E-state index in [0.29, 0.717) is 25.6 Å². The van der Waals surface area contributed by atoms with Crippen LogP contribution in [0.4, 0.5) is 0 Å². The van der Waals surface area contributed by atoms with Crippen LogP contribution in [-0.2, 0) is 11.2 Å². The van der Waals surface area contributed by atoms with Crippen LogP contribution in [0, 0.1) is 5.92 Å². The van der Waals surface area contributed by atoms with Crippen molar-refractivity contribution in [3.8, 4) is 11.5 Å². The van der Waals surface area contributed by atoms with Crippen LogP contribution in [0.5, 0.6) is 11.5 Å². The molecule has 1 aliphatic rings. The second-order valence-electron chi connectivity index (χ2n) is 5.11. The predicted molar refractivity (Wildman–Crippen MR) is 71.8 cm³/mol. The number of carboxylic acids is 1. The fourth-order valence-electron chi connectivity index (χ4n) is 2.06. The molecule has 19 heavy (non-hydrogen) atoms. The van der Waals surface area contributed by atoms with Crippen molar-refractivity contribution in [2.75, 3.05) is 13.2 Å². The fraction of sp³-hybridized carbons (Fsp3) is 0.533. The number of benzene rings is 1. The Balaban J connectivity index is 1.91. The zero-order valence-corrected chi connectivity index (χ0v) is 11.2. The number of unbranched alkanes of at least 4 members (excludes halogenated alkanes) is 1. The summed E-state index contributed by atoms with van der Waals surface area (Å²) in [6, 6.07) is 5.98. The largest absolute Gasteiger partial charge is 0.489 e. The van der Waals surface area contributed by atoms with Crippen molar-refractivity contribution in [1.82, 2.24) is 0 Å². The second kappa shape index (κ2) is 6.45. The van der Waals surface area contributed by atoms with E-state index in [9.17, 15) is 4.79 Å². The van der Waals surface area contributed by atoms with Gasteiger partial charge in [0.2, 0.25) is 0 Å². The third-order valence-electron chi connectivity index (χ3n) is 3.16. The first kappa shape index (κ1) is 13.7. The van der Waals surface area contributed by atoms with E-state index in [1.165, 1.54) is 5.56 Å². The Hall–Kier alpha value is -1.71. The minimum Gasteiger partial charge on any atom is -0.489 e. The molecule has 1 aromatic carbocycles. The molecular weight excluding hydrogens is 244 g/mol. The van der Waals surface area contributed by atoms with E-state index >= 15 is 0 Å². The first-order valence-electron chi connectivity index (χ1n) is 6.75. The summed E-state index contributed by atoms with van der Waals surface area (Å²) in [5.74, 6) is 1.28. The number of carboxylic acid groups (broad SMARTS) is 1. The fourth-order valence-corrected chi connectivity index (χ4v) is 2.06. The molecule has 0 aliphatic carbocycles. The summed E-state index contributed by atoms with van der Waals surface area (Å²) >= 11 is 0. The van der Waals surface area contributed by atoms with Crippen LogP contribution < -0.4 is 9.47 Å². The van der Waals surface area contributed by atoms with Gasteiger partial charge in [0.1, 0.15) is 0 Å². The Morgan fingerprint density at radius 3 is 2.74 bits per heavy atom. The third kappa shape index (κ3) is 4.16. The number of carbonyl (C=O) groups is 1. The van der Waals surface area contributed by atoms with Gasteiger partial charge in [0.05, 0.1) is 13.2 Å². The molecule has 1 heterocycles. The maximum absolute atomic E-state index is 10.4. The Bertz CT molecular complexity index is 442. The average molecular weight is 264 g/mol. The van der Waals surface area contributed by atoms with Crippen LogP contribution in [0.3, 0.4) is 0 Å². The van der Waals surface area contributed by atoms with Gasteiger partial charge >= 0.3 is 5.97 Å². The SMILES string of the molecule is CC1COc2ccc(CCCCC(=O)O)cc2OC1. The highest BCUT2D eigenvalue weighted by atomic mass is 16.5. The van der Waals surface area contributed by atoms with Crippen LogP contribution in [0.25, 0.3) is 0 Å². The molecule has 104 valence electrons. The van der Waals surface area contributed by atoms with Crippen LogP contribution in [0.15, 0.2) is 18.2 Å². The molecule has 1 N–H and O–H groups in total. The van der Waals surface area contributed by atoms with E-state index in [4.69, 9.17) is 14.6 Å². The average Bonchev–Trinajstić information content (AvgIpc) is 2.57. The zero-order valence-electron chi connectivity index (χ0n) is 11.2. The van der Waals surface area contributed by atoms with E-state index in [1.54, 1.807) is 0 Å². The molecule has 0 saturated carbocycles. The number of aryl methyl sites for hydroxylation is 1. The van der Waals surface area contributed by atoms with E-state index in [2.05, 4.69) is 6.92 Å². The highest BCUT2D eigenvalue weighted by Gasteiger charge is 2.15. The number of fused-ring (bicyclic) bond motifs is 1. The standard InChI is InChI=1S/C15H20O4/c1-11-9-18-13-7-6-12(8-14(13)19-10-11)4-2-3-5-15(16)17/h6-8,11H,2-5,9-10H2,1H3,(H,16,17). The van der Waals surface area contributed by atoms with E-state index < -0.39 is 5.97 Å². The van der Waals surface area contributed by atoms with Gasteiger partial charge in [-0.05, 0) is 37.0 Å². The minimum atomic E-state index is -0.729. The Morgan fingerprint density at radius 1 is 1.26 bits per heavy atom. The molecule has 0 radical (unpaired) electrons. The van der Waals surface area contributed by atoms with Crippen LogP contribution in [0.1, 0.15) is 31.7 Å². The van der Waals surface area contributed by atoms with Crippen LogP contribution in [0.2, 0.25) is 0 Å². The molecule has 0 amide bonds. The van der Waals surface area contributed by atoms with E-state index in [1.807, 2.05) is 18.2 Å². The van der Waals surface area contributed by atoms with Crippen molar-refractivity contribution in [2.45, 2.75) is 32.6 Å². The molecule has 1 atom stereocenters. The van der Waals surface area contributed by atoms with Crippen molar-refractivity contribution in [2.24, 2.45) is 5.92 Å². The van der Waals surface area contributed by atoms with E-state index in [-0.39, 0.29) is 6.42 Å². The second-order valence-corrected chi connectivity index (χ2v) is 5.11. The number of hydrogen-bond donors (Lipinski definition) is 1. The molecule has 4 heteroatoms. The summed E-state index contributed by atoms with van der Waals surface area (Å²) in [5.41, 5.74) is 1.17. The third-order valence-corrected chi connectivity index (χ3v) is 3.16. The van der Waals surface area contributed by atoms with Gasteiger partial charge in [0, 0.05) is 12.3 Å². The van der Waals surface area contributed by atoms with Gasteiger partial charge in [-0.25, -0.2) is 0 Å². The van der Waals surface area contributed by atoms with Crippen LogP contribution in [-0.4, -0.2) is 24.3 Å². The lowest BCUT2D eigenvalue weighted by atomic mass is 10.1. The number of aliphatic carboxylic acids is 1. The molecule has 1 aliphatic heterocycles. The molecule has 4 nitrogen and oxygen atoms in total. The summed E-state index contributed by atoms with van der Waals surface area (Å²) in [6.07, 6.45) is 2.70. The minimum absolute atomic E-state index is 0.238. The molecule has 0 aromatic heterocycles. The summed E-state index contributed by atoms with van der Waals surface area (Å²) in [5, 5.41) is 8.59. The summed E-state index contributed by atoms with van der Waals surface area (Å²) in [7, 11) is 0. The highest BCUT2D eigenvalue weighted by Crippen LogP contribution is 2.31. The normalized spacial score (nSPS) is 17.8. The van der Waals surface area contributed by atoms with Gasteiger partial charge in [-0.1, -0.05) is 13.0 Å². The van der Waals surface area contributed by atoms with Crippen molar-refractivity contribution in [1.29, 1.82) is 0 Å². The molecular formula is C15H20O4. The lowest BCUT2D eigenvalue weighted by molar-refractivity contribution is -0.137. The summed E-state index contributed by atoms with van der Waals surface area (Å²) in [4.78, 5) is 10.4. The Labute approximate surface area is 113 Å². The van der Waals surface area contributed by atoms with Gasteiger partial charge in [0.25, 0.3) is 0 Å². The first-order chi connectivity index (χ1) is 9.15. The summed E-state index contributed by atoms with van der Waals surface area (Å²) in [6.45, 7) is 3.46. The maximum Gasteiger partial charge on any atom is 0.303 e. The van der Waals surface area contributed by atoms with Gasteiger partial charge in [-0.2, -0.15) is 0 Å². The highest BCUT2D eigenvalue weighted by molar-refractivity contribution is 5.66. The monoisotopic (exact) mass is 264 g/mol. The topological polar surface area (TPSA) is 55.8 Å². The van der Waals surface area contributed by atoms with Gasteiger partial charge in [-0.15, -0.1) is 0 Å². The molecule has 0 saturated heterocycles. The molecule has 0 spiro atoms. The number of hydrogen-bond acceptors (Lipinski definition) is 3. The molecule has 1 aromatic rings. The van der Waals surface area contributed by atoms with Crippen molar-refractivity contribution in [3.63, 3.8) is 0 Å². The predicted octanol–water partition coefficient (Wildman–Crippen LogP) is 2.89. The molecule has 0 fully saturated rings. The lowest BCUT2D eigenvalue weighted by Crippen LogP contribution is -2.12. The maximum atomic E-state index is 10.4. The van der Waals surface area contributed by atoms with Gasteiger partial charge < -0.3 is 14.6 Å². The van der Waals surface area contributed by atoms with Crippen molar-refractivity contribution in [3.05, 3.63) is 23.8 Å². The molecule has 1 unspecified atom stereocenters. The van der Waals surface area contributed by atoms with E-state index in [0.717, 1.165) is 24.3 Å². The van der Waals surface area contributed by atoms with Gasteiger partial charge in [-0.3, -0.25) is 4.79 Å². The lowest BCUT2D eigenvalue weighted by Gasteiger charge is -2.09. The van der Waals surface area contributed by atoms with Crippen molar-refractivity contribution < 1.29 is 19.4 Å². The van der Waals surface area contributed by atoms with Gasteiger partial charge in [0.15, 0.2) is 11.5 Å². The van der Waals surface area contributed by atoms with Crippen LogP contribution >= 0.6 is 0 Å². The quantitative estimate of drug-likeness (QED) is 0.831. The Morgan fingerprint density at radius 2 is 2.00 bits per heavy atom. The van der Waals surface area contributed by atoms with Crippen molar-refractivity contribution >= 4 is 5.97 Å². The Kier molecular flexibility index (Phi) is 4.66. The number of ether oxygens (including phenoxy) is 2. The smallest absolute Gasteiger partial charge is 0.303 e.